The zero-order chi connectivity index (χ0) is 22.2. The topological polar surface area (TPSA) is 66.5 Å². The Bertz CT molecular complexity index is 1270. The number of amides is 3. The maximum absolute atomic E-state index is 13.7. The van der Waals surface area contributed by atoms with Gasteiger partial charge in [-0.15, -0.1) is 0 Å². The number of benzene rings is 3. The fourth-order valence-electron chi connectivity index (χ4n) is 6.03. The third-order valence-corrected chi connectivity index (χ3v) is 7.61. The minimum atomic E-state index is -0.654. The van der Waals surface area contributed by atoms with Crippen LogP contribution < -0.4 is 5.43 Å². The van der Waals surface area contributed by atoms with Crippen LogP contribution in [0.4, 0.5) is 0 Å². The van der Waals surface area contributed by atoms with Crippen molar-refractivity contribution in [2.75, 3.05) is 0 Å². The fraction of sp³-hybridized carbons (Fsp3) is 0.192. The molecule has 1 heterocycles. The van der Waals surface area contributed by atoms with Crippen molar-refractivity contribution in [2.24, 2.45) is 11.8 Å². The van der Waals surface area contributed by atoms with E-state index >= 15 is 0 Å². The third kappa shape index (κ3) is 2.32. The SMILES string of the molecule is CC12c3ccccc3C(c3ccccc31)C1C(=O)N(NC(=O)c3ccc(Cl)cc3)C(=O)C12. The molecule has 3 amide bonds. The molecule has 2 atom stereocenters. The number of carbonyl (C=O) groups is 3. The van der Waals surface area contributed by atoms with Crippen molar-refractivity contribution in [2.45, 2.75) is 18.3 Å². The normalized spacial score (nSPS) is 27.1. The number of hydrogen-bond acceptors (Lipinski definition) is 3. The van der Waals surface area contributed by atoms with Crippen molar-refractivity contribution in [3.8, 4) is 0 Å². The van der Waals surface area contributed by atoms with E-state index in [4.69, 9.17) is 11.6 Å². The fourth-order valence-corrected chi connectivity index (χ4v) is 6.15. The van der Waals surface area contributed by atoms with E-state index in [9.17, 15) is 14.4 Å². The standard InChI is InChI=1S/C26H19ClN2O3/c1-26-18-8-4-2-6-16(18)20(17-7-3-5-9-19(17)26)21-22(26)25(32)29(24(21)31)28-23(30)14-10-12-15(27)13-11-14/h2-13,20-22H,1H3,(H,28,30). The summed E-state index contributed by atoms with van der Waals surface area (Å²) in [6.07, 6.45) is 0. The van der Waals surface area contributed by atoms with Gasteiger partial charge in [0.1, 0.15) is 0 Å². The first-order valence-electron chi connectivity index (χ1n) is 10.6. The van der Waals surface area contributed by atoms with Crippen molar-refractivity contribution in [3.63, 3.8) is 0 Å². The molecule has 0 aromatic heterocycles. The van der Waals surface area contributed by atoms with Gasteiger partial charge in [-0.2, -0.15) is 5.01 Å². The summed E-state index contributed by atoms with van der Waals surface area (Å²) in [5, 5.41) is 1.44. The zero-order valence-corrected chi connectivity index (χ0v) is 18.0. The first kappa shape index (κ1) is 19.3. The molecular weight excluding hydrogens is 424 g/mol. The highest BCUT2D eigenvalue weighted by molar-refractivity contribution is 6.30. The number of nitrogens with zero attached hydrogens (tertiary/aromatic N) is 1. The quantitative estimate of drug-likeness (QED) is 0.609. The summed E-state index contributed by atoms with van der Waals surface area (Å²) in [5.74, 6) is -2.59. The van der Waals surface area contributed by atoms with E-state index < -0.39 is 23.2 Å². The van der Waals surface area contributed by atoms with E-state index in [2.05, 4.69) is 29.7 Å². The van der Waals surface area contributed by atoms with Crippen LogP contribution in [0.1, 0.15) is 45.5 Å². The summed E-state index contributed by atoms with van der Waals surface area (Å²) in [6, 6.07) is 22.4. The monoisotopic (exact) mass is 442 g/mol. The second-order valence-corrected chi connectivity index (χ2v) is 9.25. The van der Waals surface area contributed by atoms with Gasteiger partial charge in [0, 0.05) is 21.9 Å². The van der Waals surface area contributed by atoms with Crippen LogP contribution in [0.2, 0.25) is 5.02 Å². The van der Waals surface area contributed by atoms with Gasteiger partial charge in [0.25, 0.3) is 17.7 Å². The van der Waals surface area contributed by atoms with Gasteiger partial charge in [0.05, 0.1) is 11.8 Å². The minimum Gasteiger partial charge on any atom is -0.272 e. The number of hydrogen-bond donors (Lipinski definition) is 1. The first-order chi connectivity index (χ1) is 15.4. The number of carbonyl (C=O) groups excluding carboxylic acids is 3. The summed E-state index contributed by atoms with van der Waals surface area (Å²) in [7, 11) is 0. The van der Waals surface area contributed by atoms with Crippen molar-refractivity contribution in [1.82, 2.24) is 10.4 Å². The third-order valence-electron chi connectivity index (χ3n) is 7.36. The highest BCUT2D eigenvalue weighted by Gasteiger charge is 2.66. The van der Waals surface area contributed by atoms with Crippen molar-refractivity contribution in [1.29, 1.82) is 0 Å². The number of imide groups is 1. The molecule has 158 valence electrons. The molecule has 2 bridgehead atoms. The van der Waals surface area contributed by atoms with Crippen LogP contribution in [0.15, 0.2) is 72.8 Å². The maximum atomic E-state index is 13.7. The summed E-state index contributed by atoms with van der Waals surface area (Å²) in [6.45, 7) is 2.05. The van der Waals surface area contributed by atoms with Gasteiger partial charge in [-0.25, -0.2) is 0 Å². The molecule has 1 saturated heterocycles. The molecule has 3 aliphatic carbocycles. The minimum absolute atomic E-state index is 0.219. The lowest BCUT2D eigenvalue weighted by molar-refractivity contribution is -0.143. The predicted octanol–water partition coefficient (Wildman–Crippen LogP) is 4.05. The van der Waals surface area contributed by atoms with Gasteiger partial charge < -0.3 is 0 Å². The second-order valence-electron chi connectivity index (χ2n) is 8.82. The summed E-state index contributed by atoms with van der Waals surface area (Å²) < 4.78 is 0. The molecule has 6 heteroatoms. The van der Waals surface area contributed by atoms with Crippen LogP contribution in [0.5, 0.6) is 0 Å². The molecule has 32 heavy (non-hydrogen) atoms. The molecule has 1 aliphatic heterocycles. The Morgan fingerprint density at radius 2 is 1.44 bits per heavy atom. The molecule has 0 spiro atoms. The van der Waals surface area contributed by atoms with Crippen molar-refractivity contribution >= 4 is 29.3 Å². The molecule has 7 rings (SSSR count). The number of halogens is 1. The molecule has 5 nitrogen and oxygen atoms in total. The number of hydrazine groups is 1. The largest absolute Gasteiger partial charge is 0.272 e. The van der Waals surface area contributed by atoms with Crippen LogP contribution in [0, 0.1) is 11.8 Å². The molecule has 2 unspecified atom stereocenters. The predicted molar refractivity (Wildman–Crippen MR) is 119 cm³/mol. The van der Waals surface area contributed by atoms with E-state index in [0.717, 1.165) is 27.3 Å². The lowest BCUT2D eigenvalue weighted by atomic mass is 9.48. The van der Waals surface area contributed by atoms with E-state index in [0.29, 0.717) is 10.6 Å². The summed E-state index contributed by atoms with van der Waals surface area (Å²) in [5.41, 5.74) is 6.56. The van der Waals surface area contributed by atoms with Gasteiger partial charge in [0.2, 0.25) is 0 Å². The Morgan fingerprint density at radius 3 is 2.03 bits per heavy atom. The van der Waals surface area contributed by atoms with Gasteiger partial charge in [-0.05, 0) is 46.5 Å². The smallest absolute Gasteiger partial charge is 0.270 e. The Kier molecular flexibility index (Phi) is 3.93. The highest BCUT2D eigenvalue weighted by Crippen LogP contribution is 2.63. The molecule has 0 saturated carbocycles. The summed E-state index contributed by atoms with van der Waals surface area (Å²) in [4.78, 5) is 40.1. The van der Waals surface area contributed by atoms with E-state index in [-0.39, 0.29) is 17.7 Å². The van der Waals surface area contributed by atoms with Gasteiger partial charge in [0.15, 0.2) is 0 Å². The molecular formula is C26H19ClN2O3. The molecule has 1 N–H and O–H groups in total. The van der Waals surface area contributed by atoms with Crippen LogP contribution >= 0.6 is 11.6 Å². The van der Waals surface area contributed by atoms with Crippen molar-refractivity contribution in [3.05, 3.63) is 106 Å². The molecule has 3 aromatic rings. The summed E-state index contributed by atoms with van der Waals surface area (Å²) >= 11 is 5.91. The van der Waals surface area contributed by atoms with E-state index in [1.54, 1.807) is 24.3 Å². The Balaban J connectivity index is 1.45. The van der Waals surface area contributed by atoms with Crippen molar-refractivity contribution < 1.29 is 14.4 Å². The molecule has 0 radical (unpaired) electrons. The van der Waals surface area contributed by atoms with Crippen LogP contribution in [0.25, 0.3) is 0 Å². The Labute approximate surface area is 190 Å². The molecule has 3 aromatic carbocycles. The van der Waals surface area contributed by atoms with Crippen LogP contribution in [0.3, 0.4) is 0 Å². The lowest BCUT2D eigenvalue weighted by Gasteiger charge is -2.52. The zero-order valence-electron chi connectivity index (χ0n) is 17.2. The lowest BCUT2D eigenvalue weighted by Crippen LogP contribution is -2.52. The van der Waals surface area contributed by atoms with E-state index in [1.165, 1.54) is 0 Å². The van der Waals surface area contributed by atoms with Gasteiger partial charge >= 0.3 is 0 Å². The second kappa shape index (κ2) is 6.53. The molecule has 1 fully saturated rings. The Hall–Kier alpha value is -3.44. The number of rotatable bonds is 2. The average molecular weight is 443 g/mol. The average Bonchev–Trinajstić information content (AvgIpc) is 3.06. The highest BCUT2D eigenvalue weighted by atomic mass is 35.5. The van der Waals surface area contributed by atoms with E-state index in [1.807, 2.05) is 31.2 Å². The first-order valence-corrected chi connectivity index (χ1v) is 10.9. The maximum Gasteiger partial charge on any atom is 0.270 e. The number of nitrogens with one attached hydrogen (secondary N) is 1. The van der Waals surface area contributed by atoms with Crippen LogP contribution in [-0.2, 0) is 15.0 Å². The molecule has 4 aliphatic rings. The van der Waals surface area contributed by atoms with Crippen LogP contribution in [-0.4, -0.2) is 22.7 Å². The Morgan fingerprint density at radius 1 is 0.875 bits per heavy atom. The van der Waals surface area contributed by atoms with Gasteiger partial charge in [-0.3, -0.25) is 19.8 Å². The van der Waals surface area contributed by atoms with Gasteiger partial charge in [-0.1, -0.05) is 67.1 Å².